The Balaban J connectivity index is 2.30. The predicted octanol–water partition coefficient (Wildman–Crippen LogP) is 0.782. The highest BCUT2D eigenvalue weighted by atomic mass is 16.5. The maximum absolute atomic E-state index is 10.5. The van der Waals surface area contributed by atoms with Crippen molar-refractivity contribution in [1.29, 1.82) is 0 Å². The molecule has 16 heavy (non-hydrogen) atoms. The van der Waals surface area contributed by atoms with E-state index < -0.39 is 5.97 Å². The molecule has 0 aliphatic carbocycles. The van der Waals surface area contributed by atoms with Gasteiger partial charge in [-0.3, -0.25) is 9.59 Å². The highest BCUT2D eigenvalue weighted by Gasteiger charge is 2.19. The summed E-state index contributed by atoms with van der Waals surface area (Å²) in [5.74, 6) is -0.273. The molecule has 1 amide bonds. The zero-order valence-electron chi connectivity index (χ0n) is 9.35. The van der Waals surface area contributed by atoms with Crippen molar-refractivity contribution in [3.8, 4) is 0 Å². The van der Waals surface area contributed by atoms with Gasteiger partial charge in [-0.05, 0) is 31.6 Å². The van der Waals surface area contributed by atoms with Gasteiger partial charge >= 0.3 is 5.97 Å². The minimum absolute atomic E-state index is 0.0169. The molecule has 2 N–H and O–H groups in total. The minimum Gasteiger partial charge on any atom is -0.481 e. The molecule has 0 radical (unpaired) electrons. The number of carboxylic acid groups (broad SMARTS) is 1. The Morgan fingerprint density at radius 1 is 1.50 bits per heavy atom. The largest absolute Gasteiger partial charge is 0.481 e. The normalized spacial score (nSPS) is 19.0. The highest BCUT2D eigenvalue weighted by molar-refractivity contribution is 5.66. The van der Waals surface area contributed by atoms with Crippen LogP contribution in [0.4, 0.5) is 0 Å². The van der Waals surface area contributed by atoms with Crippen LogP contribution in [-0.2, 0) is 14.3 Å². The lowest BCUT2D eigenvalue weighted by Gasteiger charge is -2.26. The number of carbonyl (C=O) groups excluding carboxylic acids is 1. The van der Waals surface area contributed by atoms with Crippen LogP contribution in [0.25, 0.3) is 0 Å². The molecule has 1 aliphatic heterocycles. The molecule has 1 saturated heterocycles. The third-order valence-electron chi connectivity index (χ3n) is 2.97. The lowest BCUT2D eigenvalue weighted by Crippen LogP contribution is -2.32. The van der Waals surface area contributed by atoms with Gasteiger partial charge in [-0.2, -0.15) is 0 Å². The number of hydrogen-bond acceptors (Lipinski definition) is 3. The number of rotatable bonds is 7. The lowest BCUT2D eigenvalue weighted by molar-refractivity contribution is -0.137. The molecule has 1 atom stereocenters. The van der Waals surface area contributed by atoms with Crippen molar-refractivity contribution >= 4 is 12.4 Å². The fourth-order valence-electron chi connectivity index (χ4n) is 2.05. The van der Waals surface area contributed by atoms with Gasteiger partial charge in [0.1, 0.15) is 0 Å². The van der Waals surface area contributed by atoms with Gasteiger partial charge in [0.25, 0.3) is 0 Å². The van der Waals surface area contributed by atoms with Crippen molar-refractivity contribution in [2.45, 2.75) is 38.1 Å². The van der Waals surface area contributed by atoms with E-state index in [0.717, 1.165) is 32.5 Å². The summed E-state index contributed by atoms with van der Waals surface area (Å²) in [5, 5.41) is 11.3. The zero-order chi connectivity index (χ0) is 11.8. The average Bonchev–Trinajstić information content (AvgIpc) is 2.27. The summed E-state index contributed by atoms with van der Waals surface area (Å²) in [6.07, 6.45) is 4.13. The van der Waals surface area contributed by atoms with E-state index in [1.165, 1.54) is 0 Å². The minimum atomic E-state index is -0.815. The molecule has 0 aromatic rings. The molecule has 0 aromatic heterocycles. The first-order chi connectivity index (χ1) is 7.72. The second kappa shape index (κ2) is 7.22. The van der Waals surface area contributed by atoms with E-state index in [9.17, 15) is 9.59 Å². The Morgan fingerprint density at radius 2 is 2.19 bits per heavy atom. The fourth-order valence-corrected chi connectivity index (χ4v) is 2.05. The van der Waals surface area contributed by atoms with Gasteiger partial charge in [0, 0.05) is 25.7 Å². The van der Waals surface area contributed by atoms with Crippen LogP contribution in [0.5, 0.6) is 0 Å². The van der Waals surface area contributed by atoms with Gasteiger partial charge in [-0.15, -0.1) is 0 Å². The summed E-state index contributed by atoms with van der Waals surface area (Å²) in [4.78, 5) is 20.9. The van der Waals surface area contributed by atoms with Gasteiger partial charge in [0.2, 0.25) is 6.41 Å². The first-order valence-corrected chi connectivity index (χ1v) is 5.71. The Morgan fingerprint density at radius 3 is 2.75 bits per heavy atom. The van der Waals surface area contributed by atoms with E-state index in [0.29, 0.717) is 18.7 Å². The molecule has 5 nitrogen and oxygen atoms in total. The molecular formula is C11H19NO4. The Labute approximate surface area is 95.2 Å². The van der Waals surface area contributed by atoms with E-state index >= 15 is 0 Å². The second-order valence-corrected chi connectivity index (χ2v) is 4.21. The highest BCUT2D eigenvalue weighted by Crippen LogP contribution is 2.21. The summed E-state index contributed by atoms with van der Waals surface area (Å²) < 4.78 is 5.26. The molecule has 0 bridgehead atoms. The summed E-state index contributed by atoms with van der Waals surface area (Å²) in [6.45, 7) is 1.55. The van der Waals surface area contributed by atoms with Gasteiger partial charge in [-0.25, -0.2) is 0 Å². The molecular weight excluding hydrogens is 210 g/mol. The number of aliphatic carboxylic acids is 1. The van der Waals surface area contributed by atoms with Crippen LogP contribution in [0, 0.1) is 5.92 Å². The van der Waals surface area contributed by atoms with Crippen LogP contribution in [0.2, 0.25) is 0 Å². The molecule has 1 fully saturated rings. The van der Waals surface area contributed by atoms with Gasteiger partial charge in [-0.1, -0.05) is 0 Å². The van der Waals surface area contributed by atoms with Crippen molar-refractivity contribution in [3.63, 3.8) is 0 Å². The van der Waals surface area contributed by atoms with Crippen molar-refractivity contribution in [2.24, 2.45) is 5.92 Å². The third kappa shape index (κ3) is 5.11. The van der Waals surface area contributed by atoms with Crippen molar-refractivity contribution in [1.82, 2.24) is 5.32 Å². The number of carboxylic acids is 1. The topological polar surface area (TPSA) is 75.6 Å². The standard InChI is InChI=1S/C11H19NO4/c13-8-12-10(1-2-11(14)15)7-9-3-5-16-6-4-9/h8-10H,1-7H2,(H,12,13)(H,14,15). The van der Waals surface area contributed by atoms with Crippen LogP contribution in [0.15, 0.2) is 0 Å². The molecule has 0 saturated carbocycles. The fraction of sp³-hybridized carbons (Fsp3) is 0.818. The Hall–Kier alpha value is -1.10. The molecule has 0 aromatic carbocycles. The summed E-state index contributed by atoms with van der Waals surface area (Å²) in [7, 11) is 0. The molecule has 0 spiro atoms. The van der Waals surface area contributed by atoms with E-state index in [2.05, 4.69) is 5.32 Å². The van der Waals surface area contributed by atoms with Crippen LogP contribution >= 0.6 is 0 Å². The van der Waals surface area contributed by atoms with Crippen molar-refractivity contribution in [2.75, 3.05) is 13.2 Å². The molecule has 1 rings (SSSR count). The summed E-state index contributed by atoms with van der Waals surface area (Å²) >= 11 is 0. The molecule has 1 aliphatic rings. The molecule has 92 valence electrons. The molecule has 1 unspecified atom stereocenters. The van der Waals surface area contributed by atoms with E-state index in [-0.39, 0.29) is 12.5 Å². The zero-order valence-corrected chi connectivity index (χ0v) is 9.35. The van der Waals surface area contributed by atoms with Gasteiger partial charge < -0.3 is 15.2 Å². The van der Waals surface area contributed by atoms with Crippen LogP contribution in [0.1, 0.15) is 32.1 Å². The maximum atomic E-state index is 10.5. The third-order valence-corrected chi connectivity index (χ3v) is 2.97. The maximum Gasteiger partial charge on any atom is 0.303 e. The van der Waals surface area contributed by atoms with Crippen molar-refractivity contribution in [3.05, 3.63) is 0 Å². The smallest absolute Gasteiger partial charge is 0.303 e. The summed E-state index contributed by atoms with van der Waals surface area (Å²) in [6, 6.07) is -0.0169. The first-order valence-electron chi connectivity index (χ1n) is 5.71. The SMILES string of the molecule is O=CNC(CCC(=O)O)CC1CCOCC1. The number of hydrogen-bond donors (Lipinski definition) is 2. The number of carbonyl (C=O) groups is 2. The Kier molecular flexibility index (Phi) is 5.85. The van der Waals surface area contributed by atoms with E-state index in [1.54, 1.807) is 0 Å². The molecule has 5 heteroatoms. The van der Waals surface area contributed by atoms with E-state index in [1.807, 2.05) is 0 Å². The second-order valence-electron chi connectivity index (χ2n) is 4.21. The monoisotopic (exact) mass is 229 g/mol. The number of nitrogens with one attached hydrogen (secondary N) is 1. The first kappa shape index (κ1) is 13.0. The Bertz CT molecular complexity index is 226. The lowest BCUT2D eigenvalue weighted by atomic mass is 9.91. The van der Waals surface area contributed by atoms with Gasteiger partial charge in [0.05, 0.1) is 0 Å². The van der Waals surface area contributed by atoms with Crippen molar-refractivity contribution < 1.29 is 19.4 Å². The van der Waals surface area contributed by atoms with Gasteiger partial charge in [0.15, 0.2) is 0 Å². The van der Waals surface area contributed by atoms with Crippen LogP contribution in [0.3, 0.4) is 0 Å². The summed E-state index contributed by atoms with van der Waals surface area (Å²) in [5.41, 5.74) is 0. The van der Waals surface area contributed by atoms with Crippen LogP contribution < -0.4 is 5.32 Å². The quantitative estimate of drug-likeness (QED) is 0.633. The molecule has 1 heterocycles. The predicted molar refractivity (Wildman–Crippen MR) is 58.0 cm³/mol. The average molecular weight is 229 g/mol. The van der Waals surface area contributed by atoms with E-state index in [4.69, 9.17) is 9.84 Å². The van der Waals surface area contributed by atoms with Crippen LogP contribution in [-0.4, -0.2) is 36.7 Å². The number of amides is 1. The number of ether oxygens (including phenoxy) is 1.